The lowest BCUT2D eigenvalue weighted by Gasteiger charge is -2.40. The number of rotatable bonds is 10. The fourth-order valence-corrected chi connectivity index (χ4v) is 4.27. The molecule has 1 unspecified atom stereocenters. The van der Waals surface area contributed by atoms with Gasteiger partial charge in [-0.25, -0.2) is 4.98 Å². The molecule has 1 N–H and O–H groups in total. The fraction of sp³-hybridized carbons (Fsp3) is 0.241. The second-order valence-corrected chi connectivity index (χ2v) is 9.51. The van der Waals surface area contributed by atoms with E-state index < -0.39 is 4.65 Å². The van der Waals surface area contributed by atoms with Crippen molar-refractivity contribution in [3.05, 3.63) is 90.4 Å². The van der Waals surface area contributed by atoms with Gasteiger partial charge in [0.25, 0.3) is 0 Å². The molecule has 2 heterocycles. The third-order valence-corrected chi connectivity index (χ3v) is 6.32. The molecule has 0 spiro atoms. The summed E-state index contributed by atoms with van der Waals surface area (Å²) in [4.78, 5) is 18.4. The van der Waals surface area contributed by atoms with E-state index >= 15 is 0 Å². The number of pyridine rings is 1. The maximum atomic E-state index is 13.3. The van der Waals surface area contributed by atoms with Crippen LogP contribution < -0.4 is 14.7 Å². The van der Waals surface area contributed by atoms with Crippen LogP contribution in [0.15, 0.2) is 79.6 Å². The summed E-state index contributed by atoms with van der Waals surface area (Å²) in [5, 5.41) is 17.3. The Balaban J connectivity index is 1.56. The van der Waals surface area contributed by atoms with E-state index in [0.29, 0.717) is 30.3 Å². The number of para-hydroxylation sites is 1. The van der Waals surface area contributed by atoms with Gasteiger partial charge in [0.1, 0.15) is 12.3 Å². The predicted octanol–water partition coefficient (Wildman–Crippen LogP) is 4.94. The summed E-state index contributed by atoms with van der Waals surface area (Å²) in [6.07, 6.45) is 5.02. The Morgan fingerprint density at radius 1 is 1.22 bits per heavy atom. The van der Waals surface area contributed by atoms with Crippen LogP contribution in [0, 0.1) is 5.21 Å². The lowest BCUT2D eigenvalue weighted by Crippen LogP contribution is -2.44. The number of hydroxylamine groups is 2. The van der Waals surface area contributed by atoms with Crippen molar-refractivity contribution >= 4 is 28.2 Å². The molecule has 0 aliphatic heterocycles. The summed E-state index contributed by atoms with van der Waals surface area (Å²) in [6, 6.07) is 17.5. The van der Waals surface area contributed by atoms with Gasteiger partial charge in [-0.15, -0.1) is 0 Å². The molecule has 192 valence electrons. The number of carbonyl (C=O) groups is 1. The highest BCUT2D eigenvalue weighted by Crippen LogP contribution is 2.33. The first kappa shape index (κ1) is 26.1. The van der Waals surface area contributed by atoms with Gasteiger partial charge in [0.2, 0.25) is 11.8 Å². The van der Waals surface area contributed by atoms with E-state index in [-0.39, 0.29) is 12.5 Å². The van der Waals surface area contributed by atoms with Gasteiger partial charge >= 0.3 is 0 Å². The third kappa shape index (κ3) is 6.06. The number of nitrogens with zero attached hydrogens (tertiary/aromatic N) is 4. The lowest BCUT2D eigenvalue weighted by atomic mass is 10.1. The van der Waals surface area contributed by atoms with Crippen molar-refractivity contribution in [2.24, 2.45) is 7.05 Å². The number of hydrogen-bond acceptors (Lipinski definition) is 5. The lowest BCUT2D eigenvalue weighted by molar-refractivity contribution is -0.111. The molecule has 0 fully saturated rings. The van der Waals surface area contributed by atoms with E-state index in [4.69, 9.17) is 4.74 Å². The number of likely N-dealkylation sites (N-methyl/N-ethyl adjacent to an activating group) is 2. The van der Waals surface area contributed by atoms with Crippen LogP contribution >= 0.6 is 0 Å². The molecule has 0 aliphatic rings. The fourth-order valence-electron chi connectivity index (χ4n) is 4.27. The smallest absolute Gasteiger partial charge is 0.247 e. The van der Waals surface area contributed by atoms with Gasteiger partial charge in [-0.3, -0.25) is 4.79 Å². The number of aryl methyl sites for hydroxylation is 1. The van der Waals surface area contributed by atoms with Gasteiger partial charge in [0.05, 0.1) is 13.6 Å². The van der Waals surface area contributed by atoms with Crippen LogP contribution in [0.5, 0.6) is 5.88 Å². The van der Waals surface area contributed by atoms with Crippen molar-refractivity contribution in [2.45, 2.75) is 6.61 Å². The van der Waals surface area contributed by atoms with Crippen molar-refractivity contribution in [1.82, 2.24) is 19.1 Å². The summed E-state index contributed by atoms with van der Waals surface area (Å²) in [7, 11) is 7.46. The standard InChI is InChI=1S/C29H33N5O3/c1-6-28(35)31-25-17-21(11-12-27(25)34(5,36)16-15-32(2)3)20-37-29-18-22(13-14-30-29)24-19-33(4)26-10-8-7-9-23(24)26/h6-14,17-19H,1,15-16,20H2,2-5H3,(H,31,35). The maximum absolute atomic E-state index is 13.3. The second-order valence-electron chi connectivity index (χ2n) is 9.51. The Labute approximate surface area is 217 Å². The number of quaternary nitrogens is 1. The van der Waals surface area contributed by atoms with Crippen LogP contribution in [0.3, 0.4) is 0 Å². The Hall–Kier alpha value is -3.98. The Morgan fingerprint density at radius 2 is 2.00 bits per heavy atom. The van der Waals surface area contributed by atoms with Gasteiger partial charge in [0.15, 0.2) is 5.69 Å². The van der Waals surface area contributed by atoms with Gasteiger partial charge < -0.3 is 29.4 Å². The number of fused-ring (bicyclic) bond motifs is 1. The van der Waals surface area contributed by atoms with Crippen LogP contribution in [0.4, 0.5) is 11.4 Å². The molecular weight excluding hydrogens is 466 g/mol. The van der Waals surface area contributed by atoms with Crippen molar-refractivity contribution in [3.8, 4) is 17.0 Å². The molecule has 0 saturated carbocycles. The van der Waals surface area contributed by atoms with Crippen molar-refractivity contribution in [2.75, 3.05) is 39.5 Å². The number of hydrogen-bond donors (Lipinski definition) is 1. The van der Waals surface area contributed by atoms with Gasteiger partial charge in [-0.05, 0) is 55.6 Å². The zero-order valence-electron chi connectivity index (χ0n) is 21.8. The van der Waals surface area contributed by atoms with Crippen LogP contribution in [-0.4, -0.2) is 54.6 Å². The third-order valence-electron chi connectivity index (χ3n) is 6.32. The number of anilines is 1. The molecule has 0 saturated heterocycles. The zero-order valence-corrected chi connectivity index (χ0v) is 21.8. The zero-order chi connectivity index (χ0) is 26.6. The minimum atomic E-state index is -0.624. The Bertz CT molecular complexity index is 1420. The highest BCUT2D eigenvalue weighted by molar-refractivity contribution is 6.01. The number of ether oxygens (including phenoxy) is 1. The predicted molar refractivity (Wildman–Crippen MR) is 150 cm³/mol. The molecule has 0 bridgehead atoms. The summed E-state index contributed by atoms with van der Waals surface area (Å²) >= 11 is 0. The molecule has 37 heavy (non-hydrogen) atoms. The average molecular weight is 500 g/mol. The van der Waals surface area contributed by atoms with Crippen molar-refractivity contribution in [3.63, 3.8) is 0 Å². The molecule has 2 aromatic heterocycles. The number of amides is 1. The van der Waals surface area contributed by atoms with E-state index in [2.05, 4.69) is 39.8 Å². The second kappa shape index (κ2) is 11.0. The van der Waals surface area contributed by atoms with Gasteiger partial charge in [-0.1, -0.05) is 24.8 Å². The highest BCUT2D eigenvalue weighted by atomic mass is 16.5. The van der Waals surface area contributed by atoms with E-state index in [0.717, 1.165) is 27.6 Å². The normalized spacial score (nSPS) is 12.9. The quantitative estimate of drug-likeness (QED) is 0.190. The van der Waals surface area contributed by atoms with Crippen LogP contribution in [0.1, 0.15) is 5.56 Å². The summed E-state index contributed by atoms with van der Waals surface area (Å²) < 4.78 is 7.50. The monoisotopic (exact) mass is 499 g/mol. The number of nitrogens with one attached hydrogen (secondary N) is 1. The highest BCUT2D eigenvalue weighted by Gasteiger charge is 2.21. The molecule has 0 aliphatic carbocycles. The van der Waals surface area contributed by atoms with Crippen LogP contribution in [-0.2, 0) is 18.4 Å². The van der Waals surface area contributed by atoms with Crippen molar-refractivity contribution < 1.29 is 9.53 Å². The molecule has 4 rings (SSSR count). The molecule has 8 nitrogen and oxygen atoms in total. The van der Waals surface area contributed by atoms with E-state index in [9.17, 15) is 10.0 Å². The summed E-state index contributed by atoms with van der Waals surface area (Å²) in [5.74, 6) is 0.109. The average Bonchev–Trinajstić information content (AvgIpc) is 3.23. The topological polar surface area (TPSA) is 82.4 Å². The number of aromatic nitrogens is 2. The first-order valence-corrected chi connectivity index (χ1v) is 12.1. The molecule has 2 aromatic carbocycles. The molecule has 1 atom stereocenters. The van der Waals surface area contributed by atoms with E-state index in [1.54, 1.807) is 25.4 Å². The van der Waals surface area contributed by atoms with Crippen LogP contribution in [0.25, 0.3) is 22.0 Å². The van der Waals surface area contributed by atoms with Crippen molar-refractivity contribution in [1.29, 1.82) is 0 Å². The first-order chi connectivity index (χ1) is 17.7. The number of benzene rings is 2. The van der Waals surface area contributed by atoms with Crippen LogP contribution in [0.2, 0.25) is 0 Å². The Kier molecular flexibility index (Phi) is 7.73. The minimum absolute atomic E-state index is 0.226. The molecular formula is C29H33N5O3. The SMILES string of the molecule is C=CC(=O)Nc1cc(COc2cc(-c3cn(C)c4ccccc34)ccn2)ccc1[N+](C)([O-])CCN(C)C. The molecule has 0 radical (unpaired) electrons. The molecule has 8 heteroatoms. The minimum Gasteiger partial charge on any atom is -0.627 e. The maximum Gasteiger partial charge on any atom is 0.247 e. The Morgan fingerprint density at radius 3 is 2.76 bits per heavy atom. The molecule has 1 amide bonds. The van der Waals surface area contributed by atoms with Gasteiger partial charge in [0, 0.05) is 54.6 Å². The first-order valence-electron chi connectivity index (χ1n) is 12.1. The largest absolute Gasteiger partial charge is 0.627 e. The summed E-state index contributed by atoms with van der Waals surface area (Å²) in [6.45, 7) is 4.70. The van der Waals surface area contributed by atoms with Gasteiger partial charge in [-0.2, -0.15) is 0 Å². The van der Waals surface area contributed by atoms with E-state index in [1.165, 1.54) is 6.08 Å². The number of carbonyl (C=O) groups excluding carboxylic acids is 1. The molecule has 4 aromatic rings. The summed E-state index contributed by atoms with van der Waals surface area (Å²) in [5.41, 5.74) is 4.98. The van der Waals surface area contributed by atoms with E-state index in [1.807, 2.05) is 56.4 Å².